The van der Waals surface area contributed by atoms with Gasteiger partial charge in [-0.25, -0.2) is 8.78 Å². The van der Waals surface area contributed by atoms with Crippen LogP contribution in [0.2, 0.25) is 0 Å². The third-order valence-corrected chi connectivity index (χ3v) is 2.25. The first-order chi connectivity index (χ1) is 4.88. The molecule has 0 spiro atoms. The Morgan fingerprint density at radius 3 is 1.82 bits per heavy atom. The Morgan fingerprint density at radius 2 is 1.73 bits per heavy atom. The summed E-state index contributed by atoms with van der Waals surface area (Å²) in [5.74, 6) is 0.220. The van der Waals surface area contributed by atoms with Gasteiger partial charge in [0.1, 0.15) is 0 Å². The molecule has 0 bridgehead atoms. The predicted molar refractivity (Wildman–Crippen MR) is 44.3 cm³/mol. The van der Waals surface area contributed by atoms with Crippen molar-refractivity contribution in [3.8, 4) is 0 Å². The highest BCUT2D eigenvalue weighted by Gasteiger charge is 2.26. The number of alkyl halides is 3. The van der Waals surface area contributed by atoms with Crippen molar-refractivity contribution in [3.05, 3.63) is 0 Å². The molecule has 0 aliphatic heterocycles. The third kappa shape index (κ3) is 4.57. The summed E-state index contributed by atoms with van der Waals surface area (Å²) in [6.45, 7) is 5.80. The zero-order chi connectivity index (χ0) is 9.07. The van der Waals surface area contributed by atoms with Crippen LogP contribution in [0.4, 0.5) is 8.78 Å². The monoisotopic (exact) mass is 184 g/mol. The lowest BCUT2D eigenvalue weighted by Crippen LogP contribution is -2.24. The van der Waals surface area contributed by atoms with Crippen LogP contribution in [0.1, 0.15) is 27.2 Å². The van der Waals surface area contributed by atoms with Gasteiger partial charge in [-0.15, -0.1) is 11.6 Å². The van der Waals surface area contributed by atoms with E-state index in [-0.39, 0.29) is 17.8 Å². The van der Waals surface area contributed by atoms with Crippen LogP contribution in [0, 0.1) is 11.3 Å². The normalized spacial score (nSPS) is 15.5. The van der Waals surface area contributed by atoms with Crippen molar-refractivity contribution in [1.29, 1.82) is 0 Å². The first-order valence-corrected chi connectivity index (χ1v) is 4.25. The molecule has 1 unspecified atom stereocenters. The topological polar surface area (TPSA) is 0 Å². The highest BCUT2D eigenvalue weighted by atomic mass is 35.5. The minimum atomic E-state index is -2.24. The summed E-state index contributed by atoms with van der Waals surface area (Å²) in [6, 6.07) is 0. The van der Waals surface area contributed by atoms with E-state index < -0.39 is 6.43 Å². The quantitative estimate of drug-likeness (QED) is 0.589. The van der Waals surface area contributed by atoms with Gasteiger partial charge in [0.25, 0.3) is 0 Å². The fraction of sp³-hybridized carbons (Fsp3) is 1.00. The van der Waals surface area contributed by atoms with Crippen LogP contribution in [0.3, 0.4) is 0 Å². The Balaban J connectivity index is 3.96. The van der Waals surface area contributed by atoms with Crippen molar-refractivity contribution in [2.24, 2.45) is 11.3 Å². The number of rotatable bonds is 3. The molecule has 11 heavy (non-hydrogen) atoms. The van der Waals surface area contributed by atoms with Crippen molar-refractivity contribution in [2.45, 2.75) is 33.6 Å². The lowest BCUT2D eigenvalue weighted by atomic mass is 9.80. The van der Waals surface area contributed by atoms with Gasteiger partial charge in [0.15, 0.2) is 0 Å². The largest absolute Gasteiger partial charge is 0.239 e. The number of halogens is 3. The van der Waals surface area contributed by atoms with Crippen molar-refractivity contribution in [3.63, 3.8) is 0 Å². The van der Waals surface area contributed by atoms with Gasteiger partial charge in [0, 0.05) is 12.3 Å². The smallest absolute Gasteiger partial charge is 0.211 e. The summed E-state index contributed by atoms with van der Waals surface area (Å²) in [7, 11) is 0. The molecule has 0 aliphatic carbocycles. The van der Waals surface area contributed by atoms with Crippen molar-refractivity contribution < 1.29 is 8.78 Å². The van der Waals surface area contributed by atoms with Gasteiger partial charge in [-0.1, -0.05) is 20.8 Å². The van der Waals surface area contributed by atoms with E-state index in [9.17, 15) is 8.78 Å². The molecule has 0 heterocycles. The van der Waals surface area contributed by atoms with Crippen molar-refractivity contribution >= 4 is 11.6 Å². The molecule has 0 nitrogen and oxygen atoms in total. The molecular weight excluding hydrogens is 170 g/mol. The predicted octanol–water partition coefficient (Wildman–Crippen LogP) is 3.54. The third-order valence-electron chi connectivity index (χ3n) is 1.87. The van der Waals surface area contributed by atoms with E-state index in [2.05, 4.69) is 0 Å². The van der Waals surface area contributed by atoms with E-state index in [0.717, 1.165) is 0 Å². The zero-order valence-corrected chi connectivity index (χ0v) is 7.96. The molecule has 0 saturated carbocycles. The van der Waals surface area contributed by atoms with Crippen molar-refractivity contribution in [2.75, 3.05) is 5.88 Å². The molecule has 0 amide bonds. The van der Waals surface area contributed by atoms with E-state index in [0.29, 0.717) is 5.88 Å². The maximum absolute atomic E-state index is 11.9. The van der Waals surface area contributed by atoms with Crippen LogP contribution < -0.4 is 0 Å². The molecule has 0 aliphatic rings. The van der Waals surface area contributed by atoms with Gasteiger partial charge in [-0.2, -0.15) is 0 Å². The van der Waals surface area contributed by atoms with Gasteiger partial charge in [0.05, 0.1) is 0 Å². The average molecular weight is 185 g/mol. The summed E-state index contributed by atoms with van der Waals surface area (Å²) in [5, 5.41) is 0. The maximum atomic E-state index is 11.9. The molecule has 0 aromatic carbocycles. The van der Waals surface area contributed by atoms with Gasteiger partial charge in [0.2, 0.25) is 6.43 Å². The summed E-state index contributed by atoms with van der Waals surface area (Å²) in [6.07, 6.45) is -2.33. The van der Waals surface area contributed by atoms with Crippen LogP contribution in [0.25, 0.3) is 0 Å². The molecule has 68 valence electrons. The minimum absolute atomic E-state index is 0.0903. The van der Waals surface area contributed by atoms with Crippen LogP contribution in [0.15, 0.2) is 0 Å². The second-order valence-electron chi connectivity index (χ2n) is 3.84. The highest BCUT2D eigenvalue weighted by molar-refractivity contribution is 6.18. The summed E-state index contributed by atoms with van der Waals surface area (Å²) >= 11 is 5.56. The SMILES string of the molecule is CC(C)(C)C(CCl)CC(F)F. The molecule has 0 fully saturated rings. The first-order valence-electron chi connectivity index (χ1n) is 3.72. The Kier molecular flexibility index (Phi) is 4.30. The minimum Gasteiger partial charge on any atom is -0.211 e. The summed E-state index contributed by atoms with van der Waals surface area (Å²) in [4.78, 5) is 0. The standard InChI is InChI=1S/C8H15ClF2/c1-8(2,3)6(5-9)4-7(10)11/h6-7H,4-5H2,1-3H3. The Hall–Kier alpha value is 0.150. The van der Waals surface area contributed by atoms with Gasteiger partial charge in [-0.3, -0.25) is 0 Å². The zero-order valence-electron chi connectivity index (χ0n) is 7.20. The Bertz CT molecular complexity index is 107. The van der Waals surface area contributed by atoms with Gasteiger partial charge < -0.3 is 0 Å². The van der Waals surface area contributed by atoms with Gasteiger partial charge in [-0.05, 0) is 11.3 Å². The average Bonchev–Trinajstić information content (AvgIpc) is 1.79. The first kappa shape index (κ1) is 11.2. The van der Waals surface area contributed by atoms with E-state index >= 15 is 0 Å². The Morgan fingerprint density at radius 1 is 1.27 bits per heavy atom. The van der Waals surface area contributed by atoms with Gasteiger partial charge >= 0.3 is 0 Å². The maximum Gasteiger partial charge on any atom is 0.239 e. The molecule has 3 heteroatoms. The summed E-state index contributed by atoms with van der Waals surface area (Å²) in [5.41, 5.74) is -0.113. The Labute approximate surface area is 71.9 Å². The van der Waals surface area contributed by atoms with E-state index in [4.69, 9.17) is 11.6 Å². The van der Waals surface area contributed by atoms with E-state index in [1.54, 1.807) is 0 Å². The van der Waals surface area contributed by atoms with Crippen LogP contribution >= 0.6 is 11.6 Å². The lowest BCUT2D eigenvalue weighted by Gasteiger charge is -2.28. The molecule has 1 atom stereocenters. The van der Waals surface area contributed by atoms with Crippen LogP contribution in [-0.4, -0.2) is 12.3 Å². The van der Waals surface area contributed by atoms with Crippen LogP contribution in [-0.2, 0) is 0 Å². The van der Waals surface area contributed by atoms with Crippen molar-refractivity contribution in [1.82, 2.24) is 0 Å². The van der Waals surface area contributed by atoms with E-state index in [1.807, 2.05) is 20.8 Å². The second kappa shape index (κ2) is 4.24. The lowest BCUT2D eigenvalue weighted by molar-refractivity contribution is 0.0875. The number of hydrogen-bond acceptors (Lipinski definition) is 0. The van der Waals surface area contributed by atoms with E-state index in [1.165, 1.54) is 0 Å². The van der Waals surface area contributed by atoms with Crippen LogP contribution in [0.5, 0.6) is 0 Å². The fourth-order valence-corrected chi connectivity index (χ4v) is 1.45. The molecule has 0 radical (unpaired) electrons. The fourth-order valence-electron chi connectivity index (χ4n) is 0.863. The second-order valence-corrected chi connectivity index (χ2v) is 4.15. The summed E-state index contributed by atoms with van der Waals surface area (Å²) < 4.78 is 23.9. The number of hydrogen-bond donors (Lipinski definition) is 0. The molecule has 0 aromatic rings. The molecular formula is C8H15ClF2. The molecule has 0 saturated heterocycles. The molecule has 0 N–H and O–H groups in total. The highest BCUT2D eigenvalue weighted by Crippen LogP contribution is 2.31. The molecule has 0 rings (SSSR count). The molecule has 0 aromatic heterocycles.